The van der Waals surface area contributed by atoms with Gasteiger partial charge in [-0.3, -0.25) is 9.59 Å². The molecule has 0 radical (unpaired) electrons. The first-order valence-electron chi connectivity index (χ1n) is 7.71. The zero-order chi connectivity index (χ0) is 16.2. The third kappa shape index (κ3) is 3.59. The molecule has 0 aliphatic carbocycles. The molecule has 1 aliphatic heterocycles. The van der Waals surface area contributed by atoms with Crippen molar-refractivity contribution in [1.82, 2.24) is 14.8 Å². The van der Waals surface area contributed by atoms with E-state index in [0.29, 0.717) is 31.9 Å². The molecular formula is C17H19N3O2S. The van der Waals surface area contributed by atoms with Crippen molar-refractivity contribution in [2.45, 2.75) is 13.3 Å². The van der Waals surface area contributed by atoms with Crippen LogP contribution >= 0.6 is 11.3 Å². The van der Waals surface area contributed by atoms with Gasteiger partial charge in [0, 0.05) is 44.0 Å². The van der Waals surface area contributed by atoms with Gasteiger partial charge in [-0.1, -0.05) is 30.3 Å². The molecule has 1 aliphatic rings. The van der Waals surface area contributed by atoms with Crippen LogP contribution in [-0.2, 0) is 4.79 Å². The van der Waals surface area contributed by atoms with E-state index in [-0.39, 0.29) is 11.8 Å². The van der Waals surface area contributed by atoms with Crippen LogP contribution in [-0.4, -0.2) is 52.8 Å². The van der Waals surface area contributed by atoms with E-state index in [0.717, 1.165) is 17.0 Å². The van der Waals surface area contributed by atoms with Gasteiger partial charge in [0.05, 0.1) is 0 Å². The minimum Gasteiger partial charge on any atom is -0.341 e. The summed E-state index contributed by atoms with van der Waals surface area (Å²) >= 11 is 1.48. The van der Waals surface area contributed by atoms with E-state index >= 15 is 0 Å². The van der Waals surface area contributed by atoms with Gasteiger partial charge < -0.3 is 9.80 Å². The minimum atomic E-state index is -0.0474. The third-order valence-corrected chi connectivity index (χ3v) is 4.86. The Morgan fingerprint density at radius 1 is 1.04 bits per heavy atom. The van der Waals surface area contributed by atoms with Crippen LogP contribution < -0.4 is 0 Å². The topological polar surface area (TPSA) is 53.5 Å². The number of rotatable bonds is 2. The van der Waals surface area contributed by atoms with E-state index in [1.807, 2.05) is 35.7 Å². The number of aromatic nitrogens is 1. The SMILES string of the molecule is CC(=O)N1CCCN(C(=O)c2csc(-c3ccccc3)n2)CC1. The summed E-state index contributed by atoms with van der Waals surface area (Å²) in [7, 11) is 0. The molecule has 3 rings (SSSR count). The van der Waals surface area contributed by atoms with Gasteiger partial charge >= 0.3 is 0 Å². The number of hydrogen-bond donors (Lipinski definition) is 0. The quantitative estimate of drug-likeness (QED) is 0.851. The molecule has 2 heterocycles. The van der Waals surface area contributed by atoms with Crippen molar-refractivity contribution in [3.05, 3.63) is 41.4 Å². The fraction of sp³-hybridized carbons (Fsp3) is 0.353. The highest BCUT2D eigenvalue weighted by atomic mass is 32.1. The number of carbonyl (C=O) groups excluding carboxylic acids is 2. The smallest absolute Gasteiger partial charge is 0.273 e. The highest BCUT2D eigenvalue weighted by Crippen LogP contribution is 2.24. The first-order chi connectivity index (χ1) is 11.1. The maximum absolute atomic E-state index is 12.6. The highest BCUT2D eigenvalue weighted by molar-refractivity contribution is 7.13. The standard InChI is InChI=1S/C17H19N3O2S/c1-13(21)19-8-5-9-20(11-10-19)17(22)15-12-23-16(18-15)14-6-3-2-4-7-14/h2-4,6-7,12H,5,8-11H2,1H3. The zero-order valence-electron chi connectivity index (χ0n) is 13.1. The molecule has 2 amide bonds. The lowest BCUT2D eigenvalue weighted by atomic mass is 10.2. The van der Waals surface area contributed by atoms with Crippen molar-refractivity contribution in [3.63, 3.8) is 0 Å². The van der Waals surface area contributed by atoms with Crippen molar-refractivity contribution in [2.24, 2.45) is 0 Å². The molecule has 0 bridgehead atoms. The summed E-state index contributed by atoms with van der Waals surface area (Å²) in [6.45, 7) is 4.11. The monoisotopic (exact) mass is 329 g/mol. The average Bonchev–Trinajstić information content (AvgIpc) is 2.92. The molecule has 0 atom stereocenters. The summed E-state index contributed by atoms with van der Waals surface area (Å²) in [5, 5.41) is 2.67. The number of benzene rings is 1. The summed E-state index contributed by atoms with van der Waals surface area (Å²) in [5.41, 5.74) is 1.51. The minimum absolute atomic E-state index is 0.0474. The van der Waals surface area contributed by atoms with Gasteiger partial charge in [0.2, 0.25) is 5.91 Å². The van der Waals surface area contributed by atoms with Gasteiger partial charge in [0.15, 0.2) is 0 Å². The van der Waals surface area contributed by atoms with Crippen LogP contribution in [0.2, 0.25) is 0 Å². The van der Waals surface area contributed by atoms with Crippen LogP contribution in [0, 0.1) is 0 Å². The lowest BCUT2D eigenvalue weighted by molar-refractivity contribution is -0.128. The normalized spacial score (nSPS) is 15.3. The molecule has 0 unspecified atom stereocenters. The summed E-state index contributed by atoms with van der Waals surface area (Å²) < 4.78 is 0. The number of amides is 2. The number of hydrogen-bond acceptors (Lipinski definition) is 4. The molecule has 0 spiro atoms. The molecule has 6 heteroatoms. The van der Waals surface area contributed by atoms with Crippen LogP contribution in [0.3, 0.4) is 0 Å². The molecule has 23 heavy (non-hydrogen) atoms. The van der Waals surface area contributed by atoms with Crippen molar-refractivity contribution in [2.75, 3.05) is 26.2 Å². The fourth-order valence-electron chi connectivity index (χ4n) is 2.68. The van der Waals surface area contributed by atoms with Crippen molar-refractivity contribution in [1.29, 1.82) is 0 Å². The molecule has 0 saturated carbocycles. The average molecular weight is 329 g/mol. The number of nitrogens with zero attached hydrogens (tertiary/aromatic N) is 3. The van der Waals surface area contributed by atoms with Crippen molar-refractivity contribution in [3.8, 4) is 10.6 Å². The second kappa shape index (κ2) is 6.91. The molecule has 1 fully saturated rings. The number of carbonyl (C=O) groups is 2. The summed E-state index contributed by atoms with van der Waals surface area (Å²) in [6, 6.07) is 9.86. The lowest BCUT2D eigenvalue weighted by Crippen LogP contribution is -2.36. The second-order valence-corrected chi connectivity index (χ2v) is 6.41. The van der Waals surface area contributed by atoms with E-state index in [1.165, 1.54) is 11.3 Å². The largest absolute Gasteiger partial charge is 0.341 e. The van der Waals surface area contributed by atoms with Crippen LogP contribution in [0.4, 0.5) is 0 Å². The predicted octanol–water partition coefficient (Wildman–Crippen LogP) is 2.50. The summed E-state index contributed by atoms with van der Waals surface area (Å²) in [6.07, 6.45) is 0.807. The summed E-state index contributed by atoms with van der Waals surface area (Å²) in [4.78, 5) is 32.2. The molecule has 5 nitrogen and oxygen atoms in total. The van der Waals surface area contributed by atoms with Gasteiger partial charge in [-0.05, 0) is 6.42 Å². The van der Waals surface area contributed by atoms with E-state index in [2.05, 4.69) is 4.98 Å². The van der Waals surface area contributed by atoms with Crippen LogP contribution in [0.15, 0.2) is 35.7 Å². The van der Waals surface area contributed by atoms with Crippen LogP contribution in [0.5, 0.6) is 0 Å². The Bertz CT molecular complexity index is 699. The van der Waals surface area contributed by atoms with Crippen LogP contribution in [0.25, 0.3) is 10.6 Å². The zero-order valence-corrected chi connectivity index (χ0v) is 13.9. The lowest BCUT2D eigenvalue weighted by Gasteiger charge is -2.20. The molecule has 2 aromatic rings. The van der Waals surface area contributed by atoms with Gasteiger partial charge in [0.1, 0.15) is 10.7 Å². The Kier molecular flexibility index (Phi) is 4.71. The molecule has 1 aromatic heterocycles. The first-order valence-corrected chi connectivity index (χ1v) is 8.59. The van der Waals surface area contributed by atoms with Crippen molar-refractivity contribution >= 4 is 23.2 Å². The van der Waals surface area contributed by atoms with Gasteiger partial charge in [-0.15, -0.1) is 11.3 Å². The number of thiazole rings is 1. The fourth-order valence-corrected chi connectivity index (χ4v) is 3.48. The Morgan fingerprint density at radius 3 is 2.48 bits per heavy atom. The Balaban J connectivity index is 1.71. The molecule has 1 saturated heterocycles. The van der Waals surface area contributed by atoms with Crippen LogP contribution in [0.1, 0.15) is 23.8 Å². The second-order valence-electron chi connectivity index (χ2n) is 5.56. The highest BCUT2D eigenvalue weighted by Gasteiger charge is 2.23. The maximum Gasteiger partial charge on any atom is 0.273 e. The Labute approximate surface area is 139 Å². The van der Waals surface area contributed by atoms with Crippen molar-refractivity contribution < 1.29 is 9.59 Å². The van der Waals surface area contributed by atoms with E-state index in [4.69, 9.17) is 0 Å². The Morgan fingerprint density at radius 2 is 1.74 bits per heavy atom. The predicted molar refractivity (Wildman–Crippen MR) is 90.3 cm³/mol. The van der Waals surface area contributed by atoms with E-state index < -0.39 is 0 Å². The van der Waals surface area contributed by atoms with Gasteiger partial charge in [-0.2, -0.15) is 0 Å². The molecule has 0 N–H and O–H groups in total. The van der Waals surface area contributed by atoms with E-state index in [1.54, 1.807) is 16.7 Å². The van der Waals surface area contributed by atoms with Gasteiger partial charge in [0.25, 0.3) is 5.91 Å². The van der Waals surface area contributed by atoms with E-state index in [9.17, 15) is 9.59 Å². The third-order valence-electron chi connectivity index (χ3n) is 3.97. The first kappa shape index (κ1) is 15.7. The maximum atomic E-state index is 12.6. The molecule has 120 valence electrons. The molecular weight excluding hydrogens is 310 g/mol. The Hall–Kier alpha value is -2.21. The molecule has 1 aromatic carbocycles. The summed E-state index contributed by atoms with van der Waals surface area (Å²) in [5.74, 6) is 0.0214. The van der Waals surface area contributed by atoms with Gasteiger partial charge in [-0.25, -0.2) is 4.98 Å².